The number of likely N-dealkylation sites (tertiary alicyclic amines) is 1. The van der Waals surface area contributed by atoms with Crippen molar-refractivity contribution in [2.45, 2.75) is 32.2 Å². The number of nitrogens with zero attached hydrogens (tertiary/aromatic N) is 2. The second-order valence-corrected chi connectivity index (χ2v) is 9.31. The van der Waals surface area contributed by atoms with Gasteiger partial charge in [-0.05, 0) is 60.7 Å². The normalized spacial score (nSPS) is 18.7. The number of carbonyl (C=O) groups is 5. The van der Waals surface area contributed by atoms with Crippen LogP contribution in [0, 0.1) is 0 Å². The van der Waals surface area contributed by atoms with E-state index in [1.807, 2.05) is 0 Å². The number of hydrogen-bond donors (Lipinski definition) is 1. The minimum atomic E-state index is -0.999. The number of methoxy groups -OCH3 is 1. The van der Waals surface area contributed by atoms with Gasteiger partial charge in [-0.3, -0.25) is 24.1 Å². The minimum absolute atomic E-state index is 0.00760. The molecule has 2 aliphatic carbocycles. The van der Waals surface area contributed by atoms with Crippen LogP contribution in [-0.2, 0) is 19.1 Å². The standard InChI is InChI=1S/C19H19N3O6S.C6H4/c1-9(2)14(19(27)28-4)21-17(26)13(20-10(3)23)18(21)29-22-15(24)11-7-5-6-8-12(11)16(22)25;1-2-5-4-6(5)3-1/h5-8,13,18H,1-4H3,(H,20,23);1-4H. The lowest BCUT2D eigenvalue weighted by molar-refractivity contribution is -0.151. The van der Waals surface area contributed by atoms with Crippen LogP contribution in [0.2, 0.25) is 0 Å². The molecule has 4 amide bonds. The molecule has 35 heavy (non-hydrogen) atoms. The number of fused-ring (bicyclic) bond motifs is 2. The molecule has 2 aliphatic heterocycles. The second kappa shape index (κ2) is 9.38. The lowest BCUT2D eigenvalue weighted by Gasteiger charge is -2.47. The number of allylic oxidation sites excluding steroid dienone is 1. The second-order valence-electron chi connectivity index (χ2n) is 8.25. The van der Waals surface area contributed by atoms with Crippen molar-refractivity contribution < 1.29 is 28.7 Å². The molecule has 2 atom stereocenters. The van der Waals surface area contributed by atoms with Crippen molar-refractivity contribution in [1.82, 2.24) is 14.5 Å². The van der Waals surface area contributed by atoms with E-state index in [1.165, 1.54) is 25.2 Å². The molecule has 0 spiro atoms. The number of imide groups is 1. The van der Waals surface area contributed by atoms with E-state index >= 15 is 0 Å². The summed E-state index contributed by atoms with van der Waals surface area (Å²) in [5.41, 5.74) is 3.89. The molecule has 1 aromatic rings. The first kappa shape index (κ1) is 24.2. The number of rotatable bonds is 5. The molecular formula is C25H23N3O6S. The monoisotopic (exact) mass is 493 g/mol. The summed E-state index contributed by atoms with van der Waals surface area (Å²) >= 11 is 0.785. The van der Waals surface area contributed by atoms with E-state index < -0.39 is 41.0 Å². The Bertz CT molecular complexity index is 1250. The third kappa shape index (κ3) is 4.44. The number of benzene rings is 2. The molecule has 0 saturated carbocycles. The van der Waals surface area contributed by atoms with Crippen LogP contribution in [0.15, 0.2) is 59.8 Å². The molecule has 1 saturated heterocycles. The fourth-order valence-electron chi connectivity index (χ4n) is 3.85. The largest absolute Gasteiger partial charge is 0.464 e. The summed E-state index contributed by atoms with van der Waals surface area (Å²) in [6.07, 6.45) is 0. The van der Waals surface area contributed by atoms with Gasteiger partial charge in [0.1, 0.15) is 17.1 Å². The number of esters is 1. The topological polar surface area (TPSA) is 113 Å². The molecule has 0 bridgehead atoms. The molecule has 9 nitrogen and oxygen atoms in total. The van der Waals surface area contributed by atoms with Gasteiger partial charge in [0, 0.05) is 6.92 Å². The summed E-state index contributed by atoms with van der Waals surface area (Å²) in [6, 6.07) is 13.9. The van der Waals surface area contributed by atoms with E-state index in [0.717, 1.165) is 21.2 Å². The first-order valence-corrected chi connectivity index (χ1v) is 11.6. The van der Waals surface area contributed by atoms with Crippen LogP contribution in [-0.4, -0.2) is 57.3 Å². The van der Waals surface area contributed by atoms with Crippen LogP contribution >= 0.6 is 11.9 Å². The van der Waals surface area contributed by atoms with Gasteiger partial charge in [-0.25, -0.2) is 9.10 Å². The lowest BCUT2D eigenvalue weighted by atomic mass is 10.0. The van der Waals surface area contributed by atoms with Crippen molar-refractivity contribution >= 4 is 41.5 Å². The van der Waals surface area contributed by atoms with E-state index in [9.17, 15) is 24.0 Å². The van der Waals surface area contributed by atoms with Crippen LogP contribution < -0.4 is 5.32 Å². The Kier molecular flexibility index (Phi) is 6.49. The Morgan fingerprint density at radius 1 is 0.914 bits per heavy atom. The highest BCUT2D eigenvalue weighted by Gasteiger charge is 2.54. The van der Waals surface area contributed by atoms with Crippen molar-refractivity contribution in [2.24, 2.45) is 0 Å². The van der Waals surface area contributed by atoms with Crippen molar-refractivity contribution in [1.29, 1.82) is 0 Å². The van der Waals surface area contributed by atoms with Gasteiger partial charge in [-0.2, -0.15) is 0 Å². The van der Waals surface area contributed by atoms with Gasteiger partial charge < -0.3 is 10.1 Å². The molecular weight excluding hydrogens is 470 g/mol. The van der Waals surface area contributed by atoms with Gasteiger partial charge in [0.2, 0.25) is 5.91 Å². The summed E-state index contributed by atoms with van der Waals surface area (Å²) < 4.78 is 5.72. The highest BCUT2D eigenvalue weighted by atomic mass is 32.2. The zero-order valence-electron chi connectivity index (χ0n) is 19.5. The van der Waals surface area contributed by atoms with E-state index in [0.29, 0.717) is 5.57 Å². The Morgan fingerprint density at radius 3 is 1.89 bits per heavy atom. The molecule has 5 rings (SSSR count). The summed E-state index contributed by atoms with van der Waals surface area (Å²) in [6.45, 7) is 4.52. The summed E-state index contributed by atoms with van der Waals surface area (Å²) in [7, 11) is 1.19. The molecule has 2 unspecified atom stereocenters. The van der Waals surface area contributed by atoms with E-state index in [4.69, 9.17) is 4.74 Å². The SMILES string of the molecule is COC(=O)C(=C(C)C)N1C(=O)C(NC(C)=O)C1SN1C(=O)c2ccccc2C1=O.c1cc2cc-2c1. The fourth-order valence-corrected chi connectivity index (χ4v) is 5.06. The molecule has 10 heteroatoms. The highest BCUT2D eigenvalue weighted by molar-refractivity contribution is 7.98. The van der Waals surface area contributed by atoms with Crippen molar-refractivity contribution in [2.75, 3.05) is 7.11 Å². The summed E-state index contributed by atoms with van der Waals surface area (Å²) in [5, 5.41) is 1.63. The Hall–Kier alpha value is -3.92. The molecule has 180 valence electrons. The average molecular weight is 494 g/mol. The Morgan fingerprint density at radius 2 is 1.49 bits per heavy atom. The predicted molar refractivity (Wildman–Crippen MR) is 129 cm³/mol. The molecule has 0 radical (unpaired) electrons. The van der Waals surface area contributed by atoms with Crippen molar-refractivity contribution in [3.05, 3.63) is 70.9 Å². The van der Waals surface area contributed by atoms with Gasteiger partial charge >= 0.3 is 5.97 Å². The van der Waals surface area contributed by atoms with Gasteiger partial charge in [0.25, 0.3) is 17.7 Å². The van der Waals surface area contributed by atoms with E-state index in [2.05, 4.69) is 29.6 Å². The van der Waals surface area contributed by atoms with Crippen LogP contribution in [0.1, 0.15) is 41.5 Å². The molecule has 4 aliphatic rings. The van der Waals surface area contributed by atoms with Crippen LogP contribution in [0.3, 0.4) is 0 Å². The van der Waals surface area contributed by atoms with Crippen molar-refractivity contribution in [3.8, 4) is 11.1 Å². The molecule has 2 heterocycles. The van der Waals surface area contributed by atoms with Crippen molar-refractivity contribution in [3.63, 3.8) is 0 Å². The first-order chi connectivity index (χ1) is 16.6. The number of nitrogens with one attached hydrogen (secondary N) is 1. The minimum Gasteiger partial charge on any atom is -0.464 e. The van der Waals surface area contributed by atoms with Gasteiger partial charge in [0.15, 0.2) is 0 Å². The summed E-state index contributed by atoms with van der Waals surface area (Å²) in [4.78, 5) is 63.0. The number of β-lactam (4-membered cyclic amide) rings is 1. The number of amides is 4. The third-order valence-electron chi connectivity index (χ3n) is 5.58. The molecule has 0 aromatic heterocycles. The van der Waals surface area contributed by atoms with Gasteiger partial charge in [-0.1, -0.05) is 30.3 Å². The van der Waals surface area contributed by atoms with E-state index in [1.54, 1.807) is 38.1 Å². The van der Waals surface area contributed by atoms with E-state index in [-0.39, 0.29) is 16.8 Å². The third-order valence-corrected chi connectivity index (χ3v) is 6.82. The number of carbonyl (C=O) groups excluding carboxylic acids is 5. The fraction of sp³-hybridized carbons (Fsp3) is 0.240. The molecule has 1 fully saturated rings. The van der Waals surface area contributed by atoms with Crippen LogP contribution in [0.4, 0.5) is 0 Å². The van der Waals surface area contributed by atoms with Gasteiger partial charge in [-0.15, -0.1) is 0 Å². The first-order valence-electron chi connectivity index (χ1n) is 10.8. The average Bonchev–Trinajstić information content (AvgIpc) is 3.36. The van der Waals surface area contributed by atoms with Crippen LogP contribution in [0.5, 0.6) is 0 Å². The summed E-state index contributed by atoms with van der Waals surface area (Å²) in [5.74, 6) is -2.75. The number of ether oxygens (including phenoxy) is 1. The maximum atomic E-state index is 12.7. The molecule has 1 N–H and O–H groups in total. The smallest absolute Gasteiger partial charge is 0.354 e. The van der Waals surface area contributed by atoms with Crippen LogP contribution in [0.25, 0.3) is 11.1 Å². The van der Waals surface area contributed by atoms with Gasteiger partial charge in [0.05, 0.1) is 18.2 Å². The zero-order chi connectivity index (χ0) is 25.4. The predicted octanol–water partition coefficient (Wildman–Crippen LogP) is 2.74. The maximum absolute atomic E-state index is 12.7. The zero-order valence-corrected chi connectivity index (χ0v) is 20.3. The number of hydrogen-bond acceptors (Lipinski definition) is 7. The Labute approximate surface area is 206 Å². The maximum Gasteiger partial charge on any atom is 0.354 e. The Balaban J connectivity index is 0.000000411. The molecule has 1 aromatic carbocycles. The lowest BCUT2D eigenvalue weighted by Crippen LogP contribution is -2.70. The highest BCUT2D eigenvalue weighted by Crippen LogP contribution is 2.40. The quantitative estimate of drug-likeness (QED) is 0.191.